The smallest absolute Gasteiger partial charge is 0.409 e. The van der Waals surface area contributed by atoms with Gasteiger partial charge in [-0.15, -0.1) is 0 Å². The molecule has 5 heteroatoms. The molecular weight excluding hydrogens is 280 g/mol. The van der Waals surface area contributed by atoms with Crippen LogP contribution >= 0.6 is 0 Å². The predicted molar refractivity (Wildman–Crippen MR) is 87.1 cm³/mol. The van der Waals surface area contributed by atoms with Gasteiger partial charge in [0.2, 0.25) is 0 Å². The summed E-state index contributed by atoms with van der Waals surface area (Å²) < 4.78 is 10.4. The Bertz CT molecular complexity index is 508. The molecule has 1 aromatic carbocycles. The highest BCUT2D eigenvalue weighted by Gasteiger charge is 2.20. The molecular formula is C17H24N2O3. The van der Waals surface area contributed by atoms with Crippen molar-refractivity contribution in [2.75, 3.05) is 46.4 Å². The van der Waals surface area contributed by atoms with Gasteiger partial charge in [-0.05, 0) is 13.0 Å². The van der Waals surface area contributed by atoms with Gasteiger partial charge in [0.1, 0.15) is 5.75 Å². The van der Waals surface area contributed by atoms with E-state index in [2.05, 4.69) is 17.1 Å². The van der Waals surface area contributed by atoms with Crippen LogP contribution in [0, 0.1) is 0 Å². The Balaban J connectivity index is 1.79. The molecule has 0 atom stereocenters. The van der Waals surface area contributed by atoms with Crippen LogP contribution in [0.25, 0.3) is 6.08 Å². The molecule has 0 saturated carbocycles. The normalized spacial score (nSPS) is 16.0. The molecule has 2 rings (SSSR count). The Morgan fingerprint density at radius 2 is 1.95 bits per heavy atom. The molecule has 0 spiro atoms. The van der Waals surface area contributed by atoms with Gasteiger partial charge in [0.05, 0.1) is 13.7 Å². The summed E-state index contributed by atoms with van der Waals surface area (Å²) in [5.41, 5.74) is 1.08. The molecule has 5 nitrogen and oxygen atoms in total. The van der Waals surface area contributed by atoms with Crippen LogP contribution in [0.1, 0.15) is 12.5 Å². The van der Waals surface area contributed by atoms with Gasteiger partial charge in [0.25, 0.3) is 0 Å². The van der Waals surface area contributed by atoms with E-state index < -0.39 is 0 Å². The zero-order valence-electron chi connectivity index (χ0n) is 13.3. The number of rotatable bonds is 5. The maximum atomic E-state index is 11.6. The molecule has 1 aliphatic rings. The molecule has 0 aromatic heterocycles. The van der Waals surface area contributed by atoms with Crippen molar-refractivity contribution < 1.29 is 14.3 Å². The number of nitrogens with zero attached hydrogens (tertiary/aromatic N) is 2. The van der Waals surface area contributed by atoms with Gasteiger partial charge in [0.15, 0.2) is 0 Å². The Morgan fingerprint density at radius 3 is 2.64 bits per heavy atom. The van der Waals surface area contributed by atoms with Crippen LogP contribution in [0.2, 0.25) is 0 Å². The minimum atomic E-state index is -0.202. The number of piperazine rings is 1. The van der Waals surface area contributed by atoms with Crippen molar-refractivity contribution in [3.8, 4) is 5.75 Å². The molecule has 0 bridgehead atoms. The summed E-state index contributed by atoms with van der Waals surface area (Å²) in [5.74, 6) is 0.880. The monoisotopic (exact) mass is 304 g/mol. The second-order valence-corrected chi connectivity index (χ2v) is 5.13. The lowest BCUT2D eigenvalue weighted by Crippen LogP contribution is -2.48. The lowest BCUT2D eigenvalue weighted by atomic mass is 10.2. The van der Waals surface area contributed by atoms with Crippen molar-refractivity contribution in [2.24, 2.45) is 0 Å². The zero-order chi connectivity index (χ0) is 15.8. The molecule has 0 aliphatic carbocycles. The fourth-order valence-corrected chi connectivity index (χ4v) is 2.46. The van der Waals surface area contributed by atoms with E-state index in [1.54, 1.807) is 12.0 Å². The maximum Gasteiger partial charge on any atom is 0.409 e. The SMILES string of the molecule is CCOC(=O)N1CCN(C/C=C\c2ccccc2OC)CC1. The van der Waals surface area contributed by atoms with E-state index in [1.165, 1.54) is 0 Å². The van der Waals surface area contributed by atoms with Gasteiger partial charge in [-0.25, -0.2) is 4.79 Å². The lowest BCUT2D eigenvalue weighted by Gasteiger charge is -2.33. The van der Waals surface area contributed by atoms with Crippen molar-refractivity contribution >= 4 is 12.2 Å². The first-order valence-corrected chi connectivity index (χ1v) is 7.68. The summed E-state index contributed by atoms with van der Waals surface area (Å²) in [5, 5.41) is 0. The van der Waals surface area contributed by atoms with E-state index in [0.29, 0.717) is 6.61 Å². The Kier molecular flexibility index (Phi) is 6.27. The molecule has 22 heavy (non-hydrogen) atoms. The third kappa shape index (κ3) is 4.49. The van der Waals surface area contributed by atoms with Gasteiger partial charge in [-0.3, -0.25) is 4.90 Å². The number of ether oxygens (including phenoxy) is 2. The summed E-state index contributed by atoms with van der Waals surface area (Å²) in [4.78, 5) is 15.7. The second kappa shape index (κ2) is 8.44. The van der Waals surface area contributed by atoms with E-state index in [1.807, 2.05) is 31.2 Å². The summed E-state index contributed by atoms with van der Waals surface area (Å²) in [6.07, 6.45) is 4.01. The molecule has 0 unspecified atom stereocenters. The first kappa shape index (κ1) is 16.4. The molecule has 1 aromatic rings. The molecule has 1 saturated heterocycles. The number of carbonyl (C=O) groups excluding carboxylic acids is 1. The number of amides is 1. The molecule has 1 heterocycles. The highest BCUT2D eigenvalue weighted by molar-refractivity contribution is 5.67. The predicted octanol–water partition coefficient (Wildman–Crippen LogP) is 2.48. The van der Waals surface area contributed by atoms with Crippen molar-refractivity contribution in [1.29, 1.82) is 0 Å². The zero-order valence-corrected chi connectivity index (χ0v) is 13.3. The Morgan fingerprint density at radius 1 is 1.23 bits per heavy atom. The molecule has 0 radical (unpaired) electrons. The third-order valence-electron chi connectivity index (χ3n) is 3.70. The minimum absolute atomic E-state index is 0.202. The topological polar surface area (TPSA) is 42.0 Å². The van der Waals surface area contributed by atoms with Crippen molar-refractivity contribution in [2.45, 2.75) is 6.92 Å². The molecule has 1 amide bonds. The number of hydrogen-bond acceptors (Lipinski definition) is 4. The summed E-state index contributed by atoms with van der Waals surface area (Å²) >= 11 is 0. The van der Waals surface area contributed by atoms with Gasteiger partial charge in [-0.2, -0.15) is 0 Å². The maximum absolute atomic E-state index is 11.6. The van der Waals surface area contributed by atoms with E-state index in [-0.39, 0.29) is 6.09 Å². The van der Waals surface area contributed by atoms with Crippen molar-refractivity contribution in [3.63, 3.8) is 0 Å². The van der Waals surface area contributed by atoms with Crippen LogP contribution < -0.4 is 4.74 Å². The van der Waals surface area contributed by atoms with Crippen LogP contribution in [0.3, 0.4) is 0 Å². The van der Waals surface area contributed by atoms with Crippen LogP contribution in [0.15, 0.2) is 30.3 Å². The van der Waals surface area contributed by atoms with Gasteiger partial charge < -0.3 is 14.4 Å². The highest BCUT2D eigenvalue weighted by Crippen LogP contribution is 2.18. The third-order valence-corrected chi connectivity index (χ3v) is 3.70. The van der Waals surface area contributed by atoms with Crippen LogP contribution in [0.4, 0.5) is 4.79 Å². The average molecular weight is 304 g/mol. The Labute approximate surface area is 132 Å². The van der Waals surface area contributed by atoms with Crippen LogP contribution in [0.5, 0.6) is 5.75 Å². The first-order chi connectivity index (χ1) is 10.7. The number of hydrogen-bond donors (Lipinski definition) is 0. The van der Waals surface area contributed by atoms with E-state index in [0.717, 1.165) is 44.0 Å². The second-order valence-electron chi connectivity index (χ2n) is 5.13. The summed E-state index contributed by atoms with van der Waals surface area (Å²) in [6, 6.07) is 7.96. The van der Waals surface area contributed by atoms with Gasteiger partial charge in [-0.1, -0.05) is 30.4 Å². The summed E-state index contributed by atoms with van der Waals surface area (Å²) in [6.45, 7) is 6.32. The van der Waals surface area contributed by atoms with Crippen molar-refractivity contribution in [3.05, 3.63) is 35.9 Å². The van der Waals surface area contributed by atoms with Gasteiger partial charge >= 0.3 is 6.09 Å². The number of para-hydroxylation sites is 1. The van der Waals surface area contributed by atoms with Crippen LogP contribution in [-0.4, -0.2) is 62.3 Å². The van der Waals surface area contributed by atoms with E-state index in [9.17, 15) is 4.79 Å². The average Bonchev–Trinajstić information content (AvgIpc) is 2.56. The lowest BCUT2D eigenvalue weighted by molar-refractivity contribution is 0.0825. The van der Waals surface area contributed by atoms with E-state index in [4.69, 9.17) is 9.47 Å². The highest BCUT2D eigenvalue weighted by atomic mass is 16.6. The number of benzene rings is 1. The minimum Gasteiger partial charge on any atom is -0.496 e. The number of methoxy groups -OCH3 is 1. The van der Waals surface area contributed by atoms with E-state index >= 15 is 0 Å². The first-order valence-electron chi connectivity index (χ1n) is 7.68. The quantitative estimate of drug-likeness (QED) is 0.838. The fraction of sp³-hybridized carbons (Fsp3) is 0.471. The number of carbonyl (C=O) groups is 1. The van der Waals surface area contributed by atoms with Crippen LogP contribution in [-0.2, 0) is 4.74 Å². The largest absolute Gasteiger partial charge is 0.496 e. The molecule has 120 valence electrons. The summed E-state index contributed by atoms with van der Waals surface area (Å²) in [7, 11) is 1.68. The fourth-order valence-electron chi connectivity index (χ4n) is 2.46. The molecule has 1 aliphatic heterocycles. The molecule has 1 fully saturated rings. The van der Waals surface area contributed by atoms with Crippen molar-refractivity contribution in [1.82, 2.24) is 9.80 Å². The van der Waals surface area contributed by atoms with Gasteiger partial charge in [0, 0.05) is 38.3 Å². The molecule has 0 N–H and O–H groups in total. The Hall–Kier alpha value is -2.01. The standard InChI is InChI=1S/C17H24N2O3/c1-3-22-17(20)19-13-11-18(12-14-19)10-6-8-15-7-4-5-9-16(15)21-2/h4-9H,3,10-14H2,1-2H3/b8-6-.